The van der Waals surface area contributed by atoms with Crippen LogP contribution in [0.3, 0.4) is 0 Å². The van der Waals surface area contributed by atoms with Crippen molar-refractivity contribution in [2.75, 3.05) is 25.0 Å². The fourth-order valence-corrected chi connectivity index (χ4v) is 5.02. The third-order valence-corrected chi connectivity index (χ3v) is 7.08. The van der Waals surface area contributed by atoms with Gasteiger partial charge in [0.2, 0.25) is 15.9 Å². The standard InChI is InChI=1S/C24H23N3O4S/c28-23-17-27(14-13-25-23)32(30,31)21-11-6-10-20(16-21)24(29)26-22-12-5-4-9-19(22)15-18-7-2-1-3-8-18/h1-12,16H,13-15,17H2,(H,25,28)(H,26,29). The maximum Gasteiger partial charge on any atom is 0.255 e. The zero-order valence-electron chi connectivity index (χ0n) is 17.3. The highest BCUT2D eigenvalue weighted by molar-refractivity contribution is 7.89. The first kappa shape index (κ1) is 21.7. The lowest BCUT2D eigenvalue weighted by molar-refractivity contribution is -0.122. The third kappa shape index (κ3) is 4.87. The Hall–Kier alpha value is -3.49. The van der Waals surface area contributed by atoms with Crippen LogP contribution in [0.4, 0.5) is 5.69 Å². The molecule has 0 saturated carbocycles. The number of hydrogen-bond donors (Lipinski definition) is 2. The molecule has 1 fully saturated rings. The van der Waals surface area contributed by atoms with E-state index in [2.05, 4.69) is 10.6 Å². The van der Waals surface area contributed by atoms with Gasteiger partial charge in [0.15, 0.2) is 0 Å². The summed E-state index contributed by atoms with van der Waals surface area (Å²) in [5, 5.41) is 5.51. The molecule has 164 valence electrons. The van der Waals surface area contributed by atoms with Gasteiger partial charge in [-0.1, -0.05) is 54.6 Å². The second-order valence-corrected chi connectivity index (χ2v) is 9.43. The van der Waals surface area contributed by atoms with Crippen molar-refractivity contribution in [2.45, 2.75) is 11.3 Å². The van der Waals surface area contributed by atoms with Crippen LogP contribution in [0.15, 0.2) is 83.8 Å². The summed E-state index contributed by atoms with van der Waals surface area (Å²) in [6.07, 6.45) is 0.655. The molecule has 1 aliphatic heterocycles. The Balaban J connectivity index is 1.55. The molecule has 7 nitrogen and oxygen atoms in total. The summed E-state index contributed by atoms with van der Waals surface area (Å²) in [4.78, 5) is 24.5. The number of hydrogen-bond acceptors (Lipinski definition) is 4. The van der Waals surface area contributed by atoms with Crippen LogP contribution in [0.1, 0.15) is 21.5 Å². The Labute approximate surface area is 187 Å². The van der Waals surface area contributed by atoms with Gasteiger partial charge >= 0.3 is 0 Å². The first-order valence-electron chi connectivity index (χ1n) is 10.2. The largest absolute Gasteiger partial charge is 0.354 e. The van der Waals surface area contributed by atoms with Crippen LogP contribution >= 0.6 is 0 Å². The molecule has 8 heteroatoms. The molecular formula is C24H23N3O4S. The zero-order valence-corrected chi connectivity index (χ0v) is 18.1. The van der Waals surface area contributed by atoms with Gasteiger partial charge in [0, 0.05) is 24.3 Å². The normalized spacial score (nSPS) is 14.6. The smallest absolute Gasteiger partial charge is 0.255 e. The third-order valence-electron chi connectivity index (χ3n) is 5.24. The van der Waals surface area contributed by atoms with Gasteiger partial charge in [-0.15, -0.1) is 0 Å². The summed E-state index contributed by atoms with van der Waals surface area (Å²) >= 11 is 0. The van der Waals surface area contributed by atoms with E-state index in [1.807, 2.05) is 54.6 Å². The molecule has 0 unspecified atom stereocenters. The number of carbonyl (C=O) groups excluding carboxylic acids is 2. The molecule has 0 bridgehead atoms. The van der Waals surface area contributed by atoms with E-state index in [4.69, 9.17) is 0 Å². The maximum atomic E-state index is 12.9. The highest BCUT2D eigenvalue weighted by atomic mass is 32.2. The van der Waals surface area contributed by atoms with Gasteiger partial charge in [0.05, 0.1) is 11.4 Å². The van der Waals surface area contributed by atoms with Gasteiger partial charge in [-0.25, -0.2) is 8.42 Å². The molecule has 1 aliphatic rings. The average Bonchev–Trinajstić information content (AvgIpc) is 2.81. The van der Waals surface area contributed by atoms with Crippen LogP contribution in [0.5, 0.6) is 0 Å². The van der Waals surface area contributed by atoms with E-state index in [0.29, 0.717) is 12.1 Å². The zero-order chi connectivity index (χ0) is 22.6. The van der Waals surface area contributed by atoms with Crippen molar-refractivity contribution in [3.63, 3.8) is 0 Å². The minimum absolute atomic E-state index is 0.0163. The summed E-state index contributed by atoms with van der Waals surface area (Å²) in [6, 6.07) is 23.3. The van der Waals surface area contributed by atoms with Crippen LogP contribution in [0.2, 0.25) is 0 Å². The number of nitrogens with zero attached hydrogens (tertiary/aromatic N) is 1. The van der Waals surface area contributed by atoms with E-state index in [1.165, 1.54) is 18.2 Å². The summed E-state index contributed by atoms with van der Waals surface area (Å²) in [7, 11) is -3.88. The predicted molar refractivity (Wildman–Crippen MR) is 122 cm³/mol. The van der Waals surface area contributed by atoms with E-state index in [1.54, 1.807) is 6.07 Å². The summed E-state index contributed by atoms with van der Waals surface area (Å²) in [6.45, 7) is 0.222. The first-order chi connectivity index (χ1) is 15.4. The highest BCUT2D eigenvalue weighted by Crippen LogP contribution is 2.22. The Morgan fingerprint density at radius 2 is 1.72 bits per heavy atom. The number of benzene rings is 3. The molecule has 1 heterocycles. The molecular weight excluding hydrogens is 426 g/mol. The Kier molecular flexibility index (Phi) is 6.34. The van der Waals surface area contributed by atoms with Crippen molar-refractivity contribution >= 4 is 27.5 Å². The van der Waals surface area contributed by atoms with Gasteiger partial charge in [0.1, 0.15) is 0 Å². The van der Waals surface area contributed by atoms with Crippen LogP contribution in [-0.4, -0.2) is 44.2 Å². The van der Waals surface area contributed by atoms with Crippen molar-refractivity contribution in [3.8, 4) is 0 Å². The minimum Gasteiger partial charge on any atom is -0.354 e. The maximum absolute atomic E-state index is 12.9. The SMILES string of the molecule is O=C1CN(S(=O)(=O)c2cccc(C(=O)Nc3ccccc3Cc3ccccc3)c2)CCN1. The number of piperazine rings is 1. The van der Waals surface area contributed by atoms with Gasteiger partial charge in [-0.3, -0.25) is 9.59 Å². The Bertz CT molecular complexity index is 1240. The topological polar surface area (TPSA) is 95.6 Å². The molecule has 0 aliphatic carbocycles. The van der Waals surface area contributed by atoms with E-state index in [-0.39, 0.29) is 36.0 Å². The molecule has 1 saturated heterocycles. The first-order valence-corrected chi connectivity index (χ1v) is 11.7. The summed E-state index contributed by atoms with van der Waals surface area (Å²) in [5.74, 6) is -0.748. The molecule has 3 aromatic carbocycles. The summed E-state index contributed by atoms with van der Waals surface area (Å²) in [5.41, 5.74) is 2.97. The van der Waals surface area contributed by atoms with Gasteiger partial charge in [-0.2, -0.15) is 4.31 Å². The van der Waals surface area contributed by atoms with Crippen molar-refractivity contribution in [1.29, 1.82) is 0 Å². The number of rotatable bonds is 6. The van der Waals surface area contributed by atoms with Crippen molar-refractivity contribution in [2.24, 2.45) is 0 Å². The number of amides is 2. The fourth-order valence-electron chi connectivity index (χ4n) is 3.57. The molecule has 2 N–H and O–H groups in total. The molecule has 2 amide bonds. The van der Waals surface area contributed by atoms with Crippen molar-refractivity contribution in [3.05, 3.63) is 95.6 Å². The monoisotopic (exact) mass is 449 g/mol. The van der Waals surface area contributed by atoms with Gasteiger partial charge in [0.25, 0.3) is 5.91 Å². The van der Waals surface area contributed by atoms with Crippen LogP contribution < -0.4 is 10.6 Å². The molecule has 32 heavy (non-hydrogen) atoms. The Morgan fingerprint density at radius 3 is 2.50 bits per heavy atom. The van der Waals surface area contributed by atoms with E-state index in [9.17, 15) is 18.0 Å². The number of carbonyl (C=O) groups is 2. The average molecular weight is 450 g/mol. The second kappa shape index (κ2) is 9.33. The minimum atomic E-state index is -3.88. The van der Waals surface area contributed by atoms with Gasteiger partial charge in [-0.05, 0) is 41.8 Å². The number of nitrogens with one attached hydrogen (secondary N) is 2. The molecule has 0 atom stereocenters. The van der Waals surface area contributed by atoms with E-state index in [0.717, 1.165) is 15.4 Å². The molecule has 0 spiro atoms. The number of anilines is 1. The fraction of sp³-hybridized carbons (Fsp3) is 0.167. The molecule has 3 aromatic rings. The predicted octanol–water partition coefficient (Wildman–Crippen LogP) is 2.65. The van der Waals surface area contributed by atoms with Crippen LogP contribution in [0, 0.1) is 0 Å². The Morgan fingerprint density at radius 1 is 0.969 bits per heavy atom. The number of para-hydroxylation sites is 1. The van der Waals surface area contributed by atoms with Gasteiger partial charge < -0.3 is 10.6 Å². The second-order valence-electron chi connectivity index (χ2n) is 7.49. The summed E-state index contributed by atoms with van der Waals surface area (Å²) < 4.78 is 27.0. The molecule has 0 aromatic heterocycles. The van der Waals surface area contributed by atoms with E-state index >= 15 is 0 Å². The lowest BCUT2D eigenvalue weighted by atomic mass is 10.0. The van der Waals surface area contributed by atoms with Crippen LogP contribution in [-0.2, 0) is 21.2 Å². The quantitative estimate of drug-likeness (QED) is 0.605. The number of sulfonamides is 1. The van der Waals surface area contributed by atoms with Crippen molar-refractivity contribution in [1.82, 2.24) is 9.62 Å². The molecule has 4 rings (SSSR count). The lowest BCUT2D eigenvalue weighted by Gasteiger charge is -2.26. The highest BCUT2D eigenvalue weighted by Gasteiger charge is 2.29. The molecule has 0 radical (unpaired) electrons. The van der Waals surface area contributed by atoms with E-state index < -0.39 is 15.9 Å². The van der Waals surface area contributed by atoms with Crippen LogP contribution in [0.25, 0.3) is 0 Å². The lowest BCUT2D eigenvalue weighted by Crippen LogP contribution is -2.49. The van der Waals surface area contributed by atoms with Crippen molar-refractivity contribution < 1.29 is 18.0 Å².